The number of carbonyl (C=O) groups excluding carboxylic acids is 2. The molecular formula is C32H37N3O4. The number of methoxy groups -OCH3 is 2. The largest absolute Gasteiger partial charge is 0.497 e. The molecule has 7 heteroatoms. The summed E-state index contributed by atoms with van der Waals surface area (Å²) in [5.41, 5.74) is 3.09. The second-order valence-electron chi connectivity index (χ2n) is 10.3. The Labute approximate surface area is 230 Å². The third-order valence-corrected chi connectivity index (χ3v) is 7.95. The van der Waals surface area contributed by atoms with E-state index in [9.17, 15) is 9.59 Å². The van der Waals surface area contributed by atoms with E-state index in [4.69, 9.17) is 9.47 Å². The van der Waals surface area contributed by atoms with E-state index in [0.29, 0.717) is 43.0 Å². The summed E-state index contributed by atoms with van der Waals surface area (Å²) in [6, 6.07) is 26.6. The zero-order valence-electron chi connectivity index (χ0n) is 22.8. The van der Waals surface area contributed by atoms with Crippen molar-refractivity contribution in [2.45, 2.75) is 18.9 Å². The van der Waals surface area contributed by atoms with Crippen molar-refractivity contribution in [2.24, 2.45) is 5.92 Å². The first-order valence-electron chi connectivity index (χ1n) is 13.7. The number of rotatable bonds is 7. The minimum Gasteiger partial charge on any atom is -0.497 e. The number of nitrogens with zero attached hydrogens (tertiary/aromatic N) is 3. The normalized spacial score (nSPS) is 16.8. The van der Waals surface area contributed by atoms with Crippen LogP contribution in [-0.2, 0) is 4.79 Å². The Morgan fingerprint density at radius 1 is 0.692 bits per heavy atom. The number of benzene rings is 3. The predicted molar refractivity (Wildman–Crippen MR) is 151 cm³/mol. The van der Waals surface area contributed by atoms with Gasteiger partial charge in [0.1, 0.15) is 11.5 Å². The molecule has 0 N–H and O–H groups in total. The molecule has 2 aliphatic heterocycles. The summed E-state index contributed by atoms with van der Waals surface area (Å²) in [6.45, 7) is 4.23. The van der Waals surface area contributed by atoms with E-state index in [-0.39, 0.29) is 23.8 Å². The van der Waals surface area contributed by atoms with Crippen LogP contribution in [0.25, 0.3) is 0 Å². The van der Waals surface area contributed by atoms with Crippen LogP contribution < -0.4 is 9.47 Å². The van der Waals surface area contributed by atoms with E-state index < -0.39 is 0 Å². The molecule has 0 radical (unpaired) electrons. The molecule has 5 rings (SSSR count). The zero-order valence-corrected chi connectivity index (χ0v) is 22.8. The molecule has 39 heavy (non-hydrogen) atoms. The molecule has 2 heterocycles. The number of likely N-dealkylation sites (tertiary alicyclic amines) is 1. The molecule has 0 unspecified atom stereocenters. The van der Waals surface area contributed by atoms with Gasteiger partial charge in [0.15, 0.2) is 0 Å². The molecule has 0 aromatic heterocycles. The van der Waals surface area contributed by atoms with Gasteiger partial charge in [-0.15, -0.1) is 0 Å². The van der Waals surface area contributed by atoms with Crippen LogP contribution in [0.3, 0.4) is 0 Å². The highest BCUT2D eigenvalue weighted by Crippen LogP contribution is 2.31. The van der Waals surface area contributed by atoms with Gasteiger partial charge in [-0.05, 0) is 36.1 Å². The summed E-state index contributed by atoms with van der Waals surface area (Å²) in [6.07, 6.45) is 1.37. The Morgan fingerprint density at radius 3 is 1.69 bits per heavy atom. The van der Waals surface area contributed by atoms with Crippen molar-refractivity contribution in [1.29, 1.82) is 0 Å². The lowest BCUT2D eigenvalue weighted by Gasteiger charge is -2.41. The minimum absolute atomic E-state index is 0.0421. The first-order valence-corrected chi connectivity index (χ1v) is 13.7. The molecule has 204 valence electrons. The lowest BCUT2D eigenvalue weighted by molar-refractivity contribution is -0.139. The molecule has 0 aliphatic carbocycles. The van der Waals surface area contributed by atoms with Crippen LogP contribution in [-0.4, -0.2) is 80.0 Å². The molecule has 0 saturated carbocycles. The van der Waals surface area contributed by atoms with Crippen molar-refractivity contribution in [2.75, 3.05) is 53.5 Å². The monoisotopic (exact) mass is 527 g/mol. The number of hydrogen-bond acceptors (Lipinski definition) is 5. The topological polar surface area (TPSA) is 62.3 Å². The highest BCUT2D eigenvalue weighted by Gasteiger charge is 2.34. The lowest BCUT2D eigenvalue weighted by Crippen LogP contribution is -2.52. The highest BCUT2D eigenvalue weighted by atomic mass is 16.5. The highest BCUT2D eigenvalue weighted by molar-refractivity contribution is 5.95. The second-order valence-corrected chi connectivity index (χ2v) is 10.3. The minimum atomic E-state index is -0.0559. The van der Waals surface area contributed by atoms with Crippen LogP contribution in [0.2, 0.25) is 0 Å². The zero-order chi connectivity index (χ0) is 27.2. The summed E-state index contributed by atoms with van der Waals surface area (Å²) in [7, 11) is 3.15. The van der Waals surface area contributed by atoms with Crippen molar-refractivity contribution < 1.29 is 19.1 Å². The van der Waals surface area contributed by atoms with Gasteiger partial charge in [-0.25, -0.2) is 0 Å². The molecule has 7 nitrogen and oxygen atoms in total. The molecule has 0 bridgehead atoms. The molecule has 2 amide bonds. The van der Waals surface area contributed by atoms with Gasteiger partial charge in [0.05, 0.1) is 20.3 Å². The van der Waals surface area contributed by atoms with Crippen LogP contribution >= 0.6 is 0 Å². The Bertz CT molecular complexity index is 1190. The third-order valence-electron chi connectivity index (χ3n) is 7.95. The number of hydrogen-bond donors (Lipinski definition) is 0. The lowest BCUT2D eigenvalue weighted by atomic mass is 9.93. The van der Waals surface area contributed by atoms with Crippen molar-refractivity contribution in [3.8, 4) is 11.5 Å². The maximum Gasteiger partial charge on any atom is 0.254 e. The Balaban J connectivity index is 1.18. The first kappa shape index (κ1) is 26.8. The summed E-state index contributed by atoms with van der Waals surface area (Å²) in [5.74, 6) is 1.30. The van der Waals surface area contributed by atoms with Crippen LogP contribution in [0.4, 0.5) is 0 Å². The van der Waals surface area contributed by atoms with Gasteiger partial charge in [0.25, 0.3) is 5.91 Å². The van der Waals surface area contributed by atoms with E-state index >= 15 is 0 Å². The molecule has 2 aliphatic rings. The maximum atomic E-state index is 13.5. The van der Waals surface area contributed by atoms with Gasteiger partial charge < -0.3 is 19.3 Å². The number of piperazine rings is 1. The predicted octanol–water partition coefficient (Wildman–Crippen LogP) is 4.49. The van der Waals surface area contributed by atoms with Crippen LogP contribution in [0.1, 0.15) is 40.4 Å². The third kappa shape index (κ3) is 6.09. The fourth-order valence-corrected chi connectivity index (χ4v) is 5.79. The smallest absolute Gasteiger partial charge is 0.254 e. The van der Waals surface area contributed by atoms with Gasteiger partial charge >= 0.3 is 0 Å². The Hall–Kier alpha value is -3.84. The van der Waals surface area contributed by atoms with Crippen molar-refractivity contribution in [1.82, 2.24) is 14.7 Å². The average Bonchev–Trinajstić information content (AvgIpc) is 3.01. The molecule has 3 aromatic rings. The molecule has 0 spiro atoms. The van der Waals surface area contributed by atoms with Gasteiger partial charge in [-0.1, -0.05) is 60.7 Å². The van der Waals surface area contributed by atoms with Crippen molar-refractivity contribution in [3.63, 3.8) is 0 Å². The average molecular weight is 528 g/mol. The quantitative estimate of drug-likeness (QED) is 0.453. The van der Waals surface area contributed by atoms with Gasteiger partial charge in [-0.2, -0.15) is 0 Å². The maximum absolute atomic E-state index is 13.5. The fraction of sp³-hybridized carbons (Fsp3) is 0.375. The molecule has 2 fully saturated rings. The number of piperidine rings is 1. The molecule has 0 atom stereocenters. The van der Waals surface area contributed by atoms with Crippen molar-refractivity contribution >= 4 is 11.8 Å². The van der Waals surface area contributed by atoms with Crippen LogP contribution in [0.15, 0.2) is 78.9 Å². The van der Waals surface area contributed by atoms with E-state index in [0.717, 1.165) is 26.2 Å². The second kappa shape index (κ2) is 12.3. The first-order chi connectivity index (χ1) is 19.1. The SMILES string of the molecule is COc1cc(OC)cc(C(=O)N2CCC(C(=O)N3CCN(C(c4ccccc4)c4ccccc4)CC3)CC2)c1. The number of ether oxygens (including phenoxy) is 2. The fourth-order valence-electron chi connectivity index (χ4n) is 5.79. The number of carbonyl (C=O) groups is 2. The standard InChI is InChI=1S/C32H37N3O4/c1-38-28-21-27(22-29(23-28)39-2)32(37)34-15-13-26(14-16-34)31(36)35-19-17-33(18-20-35)30(24-9-5-3-6-10-24)25-11-7-4-8-12-25/h3-12,21-23,26,30H,13-20H2,1-2H3. The summed E-state index contributed by atoms with van der Waals surface area (Å²) in [5, 5.41) is 0. The van der Waals surface area contributed by atoms with Crippen molar-refractivity contribution in [3.05, 3.63) is 95.6 Å². The van der Waals surface area contributed by atoms with Gasteiger partial charge in [-0.3, -0.25) is 14.5 Å². The molecule has 3 aromatic carbocycles. The summed E-state index contributed by atoms with van der Waals surface area (Å²) >= 11 is 0. The van der Waals surface area contributed by atoms with E-state index in [2.05, 4.69) is 65.6 Å². The van der Waals surface area contributed by atoms with Gasteiger partial charge in [0.2, 0.25) is 5.91 Å². The summed E-state index contributed by atoms with van der Waals surface area (Å²) in [4.78, 5) is 33.0. The van der Waals surface area contributed by atoms with Crippen LogP contribution in [0, 0.1) is 5.92 Å². The van der Waals surface area contributed by atoms with E-state index in [1.807, 2.05) is 9.80 Å². The Morgan fingerprint density at radius 2 is 1.21 bits per heavy atom. The Kier molecular flexibility index (Phi) is 8.47. The number of amides is 2. The van der Waals surface area contributed by atoms with E-state index in [1.165, 1.54) is 11.1 Å². The molecule has 2 saturated heterocycles. The van der Waals surface area contributed by atoms with Gasteiger partial charge in [0, 0.05) is 56.8 Å². The van der Waals surface area contributed by atoms with Crippen LogP contribution in [0.5, 0.6) is 11.5 Å². The summed E-state index contributed by atoms with van der Waals surface area (Å²) < 4.78 is 10.6. The van der Waals surface area contributed by atoms with E-state index in [1.54, 1.807) is 32.4 Å². The molecular weight excluding hydrogens is 490 g/mol.